The van der Waals surface area contributed by atoms with E-state index in [9.17, 15) is 23.2 Å². The van der Waals surface area contributed by atoms with Crippen molar-refractivity contribution in [2.45, 2.75) is 64.0 Å². The molecule has 49 heavy (non-hydrogen) atoms. The number of likely N-dealkylation sites (N-methyl/N-ethyl adjacent to an activating group) is 1. The van der Waals surface area contributed by atoms with E-state index in [-0.39, 0.29) is 40.9 Å². The first-order valence-electron chi connectivity index (χ1n) is 16.1. The molecule has 13 heteroatoms. The summed E-state index contributed by atoms with van der Waals surface area (Å²) >= 11 is 10.8. The number of nitrogens with zero attached hydrogens (tertiary/aromatic N) is 1. The highest BCUT2D eigenvalue weighted by Gasteiger charge is 2.40. The molecule has 1 atom stereocenters. The van der Waals surface area contributed by atoms with E-state index in [1.54, 1.807) is 0 Å². The van der Waals surface area contributed by atoms with Crippen LogP contribution in [0.5, 0.6) is 11.5 Å². The van der Waals surface area contributed by atoms with Crippen LogP contribution in [0.15, 0.2) is 60.9 Å². The molecule has 1 unspecified atom stereocenters. The van der Waals surface area contributed by atoms with Crippen molar-refractivity contribution >= 4 is 41.7 Å². The number of ether oxygens (including phenoxy) is 3. The average molecular weight is 728 g/mol. The first-order chi connectivity index (χ1) is 23.6. The summed E-state index contributed by atoms with van der Waals surface area (Å²) in [7, 11) is 5.84. The monoisotopic (exact) mass is 726 g/mol. The van der Waals surface area contributed by atoms with Crippen LogP contribution < -0.4 is 24.7 Å². The number of hydrogen-bond donors (Lipinski definition) is 2. The van der Waals surface area contributed by atoms with Gasteiger partial charge in [0.15, 0.2) is 25.0 Å². The van der Waals surface area contributed by atoms with Crippen LogP contribution >= 0.6 is 23.2 Å². The number of aldehydes is 2. The minimum atomic E-state index is -0.555. The number of nitrogens with one attached hydrogen (secondary N) is 2. The van der Waals surface area contributed by atoms with Gasteiger partial charge in [0, 0.05) is 18.2 Å². The molecule has 0 amide bonds. The molecule has 1 heterocycles. The van der Waals surface area contributed by atoms with Crippen molar-refractivity contribution in [3.8, 4) is 11.5 Å². The number of aromatic nitrogens is 1. The highest BCUT2D eigenvalue weighted by Crippen LogP contribution is 2.34. The second kappa shape index (κ2) is 24.5. The smallest absolute Gasteiger partial charge is 0.344 e. The Kier molecular flexibility index (Phi) is 21.7. The molecule has 0 aliphatic heterocycles. The molecule has 0 spiro atoms. The van der Waals surface area contributed by atoms with Crippen LogP contribution in [-0.4, -0.2) is 64.0 Å². The number of carbonyl (C=O) groups excluding carboxylic acids is 3. The van der Waals surface area contributed by atoms with Gasteiger partial charge in [0.1, 0.15) is 55.1 Å². The van der Waals surface area contributed by atoms with Crippen molar-refractivity contribution in [2.75, 3.05) is 33.9 Å². The van der Waals surface area contributed by atoms with E-state index < -0.39 is 11.6 Å². The third-order valence-electron chi connectivity index (χ3n) is 7.36. The van der Waals surface area contributed by atoms with E-state index in [0.717, 1.165) is 37.9 Å². The third-order valence-corrected chi connectivity index (χ3v) is 7.97. The number of carbonyl (C=O) groups is 3. The molecule has 1 aliphatic carbocycles. The molecule has 4 rings (SSSR count). The predicted molar refractivity (Wildman–Crippen MR) is 188 cm³/mol. The molecule has 2 aromatic carbocycles. The minimum Gasteiger partial charge on any atom is -0.486 e. The van der Waals surface area contributed by atoms with Crippen molar-refractivity contribution in [1.82, 2.24) is 10.6 Å². The van der Waals surface area contributed by atoms with Crippen LogP contribution in [-0.2, 0) is 21.4 Å². The summed E-state index contributed by atoms with van der Waals surface area (Å²) in [4.78, 5) is 32.4. The highest BCUT2D eigenvalue weighted by atomic mass is 35.5. The molecular weight excluding hydrogens is 679 g/mol. The lowest BCUT2D eigenvalue weighted by Crippen LogP contribution is -2.56. The summed E-state index contributed by atoms with van der Waals surface area (Å²) in [5.74, 6) is -0.754. The molecule has 1 aliphatic rings. The largest absolute Gasteiger partial charge is 0.486 e. The molecule has 2 N–H and O–H groups in total. The van der Waals surface area contributed by atoms with Crippen molar-refractivity contribution in [3.05, 3.63) is 88.2 Å². The molecule has 9 nitrogen and oxygen atoms in total. The molecule has 1 saturated carbocycles. The van der Waals surface area contributed by atoms with Crippen molar-refractivity contribution in [2.24, 2.45) is 7.05 Å². The first-order valence-corrected chi connectivity index (χ1v) is 16.9. The van der Waals surface area contributed by atoms with Gasteiger partial charge in [-0.3, -0.25) is 9.59 Å². The Morgan fingerprint density at radius 3 is 1.88 bits per heavy atom. The van der Waals surface area contributed by atoms with Gasteiger partial charge in [-0.05, 0) is 70.2 Å². The summed E-state index contributed by atoms with van der Waals surface area (Å²) in [6.45, 7) is 4.67. The van der Waals surface area contributed by atoms with Crippen LogP contribution in [0.2, 0.25) is 10.0 Å². The summed E-state index contributed by atoms with van der Waals surface area (Å²) in [5, 5.41) is 6.73. The van der Waals surface area contributed by atoms with Crippen LogP contribution in [0.1, 0.15) is 62.7 Å². The van der Waals surface area contributed by atoms with Crippen LogP contribution in [0, 0.1) is 11.6 Å². The summed E-state index contributed by atoms with van der Waals surface area (Å²) in [6.07, 6.45) is 11.4. The maximum Gasteiger partial charge on any atom is 0.344 e. The van der Waals surface area contributed by atoms with E-state index in [0.29, 0.717) is 29.6 Å². The number of benzene rings is 2. The lowest BCUT2D eigenvalue weighted by molar-refractivity contribution is -0.671. The highest BCUT2D eigenvalue weighted by molar-refractivity contribution is 6.31. The second-order valence-electron chi connectivity index (χ2n) is 10.6. The molecule has 3 aromatic rings. The number of pyridine rings is 1. The van der Waals surface area contributed by atoms with Gasteiger partial charge in [-0.25, -0.2) is 18.1 Å². The van der Waals surface area contributed by atoms with Gasteiger partial charge in [-0.1, -0.05) is 56.3 Å². The minimum absolute atomic E-state index is 0.0356. The van der Waals surface area contributed by atoms with Gasteiger partial charge < -0.3 is 24.8 Å². The Labute approximate surface area is 298 Å². The van der Waals surface area contributed by atoms with Crippen molar-refractivity contribution in [3.63, 3.8) is 0 Å². The molecular formula is C36H48Cl2F2N3O6+. The number of halogens is 4. The molecule has 0 radical (unpaired) electrons. The molecule has 1 fully saturated rings. The predicted octanol–water partition coefficient (Wildman–Crippen LogP) is 6.71. The van der Waals surface area contributed by atoms with Crippen LogP contribution in [0.3, 0.4) is 0 Å². The van der Waals surface area contributed by atoms with Crippen molar-refractivity contribution in [1.29, 1.82) is 0 Å². The number of esters is 1. The Bertz CT molecular complexity index is 1370. The molecule has 0 saturated heterocycles. The van der Waals surface area contributed by atoms with Crippen LogP contribution in [0.25, 0.3) is 0 Å². The fraction of sp³-hybridized carbons (Fsp3) is 0.444. The van der Waals surface area contributed by atoms with E-state index >= 15 is 0 Å². The fourth-order valence-electron chi connectivity index (χ4n) is 4.94. The summed E-state index contributed by atoms with van der Waals surface area (Å²) < 4.78 is 42.9. The Hall–Kier alpha value is -3.64. The second-order valence-corrected chi connectivity index (χ2v) is 11.4. The third kappa shape index (κ3) is 15.6. The normalized spacial score (nSPS) is 13.4. The topological polar surface area (TPSA) is 107 Å². The lowest BCUT2D eigenvalue weighted by Gasteiger charge is -2.43. The number of aryl methyl sites for hydroxylation is 1. The van der Waals surface area contributed by atoms with Gasteiger partial charge in [0.05, 0.1) is 15.6 Å². The van der Waals surface area contributed by atoms with Crippen LogP contribution in [0.4, 0.5) is 8.78 Å². The zero-order chi connectivity index (χ0) is 36.7. The number of hydrogen-bond acceptors (Lipinski definition) is 8. The molecule has 270 valence electrons. The van der Waals surface area contributed by atoms with E-state index in [4.69, 9.17) is 37.4 Å². The summed E-state index contributed by atoms with van der Waals surface area (Å²) in [6, 6.07) is 11.7. The van der Waals surface area contributed by atoms with Gasteiger partial charge in [0.2, 0.25) is 0 Å². The SMILES string of the molecule is CC.CNCCC(OC(=O)c1ccc[n+](C)c1)C1(NC)CCCCC1.O=CCOc1ccc(Cl)c(F)c1.O=CCOc1ccc(Cl)c(F)c1. The van der Waals surface area contributed by atoms with Gasteiger partial charge in [-0.15, -0.1) is 0 Å². The van der Waals surface area contributed by atoms with E-state index in [1.165, 1.54) is 43.5 Å². The van der Waals surface area contributed by atoms with Crippen molar-refractivity contribution < 1.29 is 41.9 Å². The average Bonchev–Trinajstić information content (AvgIpc) is 3.12. The van der Waals surface area contributed by atoms with Gasteiger partial charge >= 0.3 is 5.97 Å². The zero-order valence-corrected chi connectivity index (χ0v) is 30.3. The zero-order valence-electron chi connectivity index (χ0n) is 28.8. The Morgan fingerprint density at radius 1 is 0.918 bits per heavy atom. The molecule has 1 aromatic heterocycles. The standard InChI is InChI=1S/C18H30N3O2.2C8H6ClFO2.C2H6/c1-19-12-9-16(18(20-2)10-5-4-6-11-18)23-17(22)15-8-7-13-21(3)14-15;2*9-7-2-1-6(5-8(7)10)12-4-3-11;1-2/h7-8,13-14,16,19-20H,4-6,9-12H2,1-3H3;2*1-3,5H,4H2;1-2H3/q+1;;;. The maximum absolute atomic E-state index is 12.7. The summed E-state index contributed by atoms with van der Waals surface area (Å²) in [5.41, 5.74) is 0.508. The maximum atomic E-state index is 12.7. The van der Waals surface area contributed by atoms with E-state index in [2.05, 4.69) is 10.6 Å². The quantitative estimate of drug-likeness (QED) is 0.114. The van der Waals surface area contributed by atoms with Gasteiger partial charge in [-0.2, -0.15) is 0 Å². The van der Waals surface area contributed by atoms with Gasteiger partial charge in [0.25, 0.3) is 0 Å². The Balaban J connectivity index is 0.000000390. The fourth-order valence-corrected chi connectivity index (χ4v) is 5.17. The van der Waals surface area contributed by atoms with E-state index in [1.807, 2.05) is 64.1 Å². The molecule has 0 bridgehead atoms. The number of rotatable bonds is 13. The first kappa shape index (κ1) is 43.4. The Morgan fingerprint density at radius 2 is 1.45 bits per heavy atom. The lowest BCUT2D eigenvalue weighted by atomic mass is 9.76.